The number of halogens is 1. The van der Waals surface area contributed by atoms with Crippen LogP contribution >= 0.6 is 11.6 Å². The van der Waals surface area contributed by atoms with E-state index in [0.717, 1.165) is 16.7 Å². The molecule has 0 spiro atoms. The first-order valence-electron chi connectivity index (χ1n) is 6.03. The topological polar surface area (TPSA) is 56.0 Å². The van der Waals surface area contributed by atoms with Gasteiger partial charge in [-0.1, -0.05) is 23.7 Å². The molecule has 3 heterocycles. The van der Waals surface area contributed by atoms with Gasteiger partial charge in [0.05, 0.1) is 17.2 Å². The van der Waals surface area contributed by atoms with Gasteiger partial charge >= 0.3 is 0 Å². The van der Waals surface area contributed by atoms with E-state index in [1.807, 2.05) is 34.9 Å². The van der Waals surface area contributed by atoms with Gasteiger partial charge in [-0.15, -0.1) is 0 Å². The highest BCUT2D eigenvalue weighted by Crippen LogP contribution is 2.21. The van der Waals surface area contributed by atoms with Gasteiger partial charge in [-0.2, -0.15) is 0 Å². The largest absolute Gasteiger partial charge is 0.302 e. The summed E-state index contributed by atoms with van der Waals surface area (Å²) in [6, 6.07) is 7.73. The van der Waals surface area contributed by atoms with Crippen LogP contribution in [0.3, 0.4) is 0 Å². The third kappa shape index (κ3) is 1.71. The van der Waals surface area contributed by atoms with Crippen molar-refractivity contribution in [1.29, 1.82) is 0 Å². The predicted molar refractivity (Wildman–Crippen MR) is 76.5 cm³/mol. The van der Waals surface area contributed by atoms with E-state index < -0.39 is 0 Å². The first-order chi connectivity index (χ1) is 9.81. The summed E-state index contributed by atoms with van der Waals surface area (Å²) in [5, 5.41) is 0.368. The van der Waals surface area contributed by atoms with E-state index in [1.54, 1.807) is 18.6 Å². The van der Waals surface area contributed by atoms with Crippen LogP contribution in [-0.2, 0) is 0 Å². The van der Waals surface area contributed by atoms with Crippen LogP contribution in [0.4, 0.5) is 0 Å². The number of hydrogen-bond acceptors (Lipinski definition) is 4. The number of para-hydroxylation sites is 2. The molecule has 3 aromatic heterocycles. The molecule has 0 fully saturated rings. The Morgan fingerprint density at radius 1 is 0.950 bits per heavy atom. The summed E-state index contributed by atoms with van der Waals surface area (Å²) in [4.78, 5) is 17.4. The second kappa shape index (κ2) is 4.25. The van der Waals surface area contributed by atoms with Crippen LogP contribution < -0.4 is 0 Å². The lowest BCUT2D eigenvalue weighted by atomic mass is 10.3. The fourth-order valence-electron chi connectivity index (χ4n) is 2.09. The summed E-state index contributed by atoms with van der Waals surface area (Å²) < 4.78 is 1.82. The van der Waals surface area contributed by atoms with Gasteiger partial charge in [0.1, 0.15) is 11.4 Å². The molecule has 4 aromatic rings. The fourth-order valence-corrected chi connectivity index (χ4v) is 2.29. The van der Waals surface area contributed by atoms with Crippen LogP contribution in [0, 0.1) is 0 Å². The van der Waals surface area contributed by atoms with Crippen molar-refractivity contribution in [2.24, 2.45) is 0 Å². The first kappa shape index (κ1) is 11.3. The summed E-state index contributed by atoms with van der Waals surface area (Å²) in [6.07, 6.45) is 7.01. The molecule has 0 atom stereocenters. The number of rotatable bonds is 1. The Labute approximate surface area is 118 Å². The van der Waals surface area contributed by atoms with E-state index in [2.05, 4.69) is 19.9 Å². The Kier molecular flexibility index (Phi) is 2.40. The van der Waals surface area contributed by atoms with E-state index >= 15 is 0 Å². The summed E-state index contributed by atoms with van der Waals surface area (Å²) in [5.41, 5.74) is 3.74. The maximum Gasteiger partial charge on any atom is 0.175 e. The van der Waals surface area contributed by atoms with Gasteiger partial charge in [-0.25, -0.2) is 15.0 Å². The van der Waals surface area contributed by atoms with Gasteiger partial charge < -0.3 is 4.40 Å². The second-order valence-corrected chi connectivity index (χ2v) is 4.68. The molecule has 5 nitrogen and oxygen atoms in total. The monoisotopic (exact) mass is 281 g/mol. The molecule has 0 radical (unpaired) electrons. The predicted octanol–water partition coefficient (Wildman–Crippen LogP) is 2.99. The van der Waals surface area contributed by atoms with Crippen LogP contribution in [0.1, 0.15) is 0 Å². The Morgan fingerprint density at radius 2 is 1.80 bits per heavy atom. The highest BCUT2D eigenvalue weighted by atomic mass is 35.5. The minimum Gasteiger partial charge on any atom is -0.302 e. The Morgan fingerprint density at radius 3 is 2.65 bits per heavy atom. The summed E-state index contributed by atoms with van der Waals surface area (Å²) in [6.45, 7) is 0. The molecule has 0 aliphatic carbocycles. The van der Waals surface area contributed by atoms with E-state index in [9.17, 15) is 0 Å². The number of hydrogen-bond donors (Lipinski definition) is 0. The fraction of sp³-hybridized carbons (Fsp3) is 0. The highest BCUT2D eigenvalue weighted by molar-refractivity contribution is 6.32. The van der Waals surface area contributed by atoms with Crippen molar-refractivity contribution in [2.75, 3.05) is 0 Å². The van der Waals surface area contributed by atoms with Crippen LogP contribution in [0.5, 0.6) is 0 Å². The van der Waals surface area contributed by atoms with Crippen molar-refractivity contribution < 1.29 is 0 Å². The molecule has 0 unspecified atom stereocenters. The molecular formula is C14H8ClN5. The summed E-state index contributed by atoms with van der Waals surface area (Å²) in [5.74, 6) is 0. The lowest BCUT2D eigenvalue weighted by Crippen LogP contribution is -1.88. The number of fused-ring (bicyclic) bond motifs is 2. The van der Waals surface area contributed by atoms with E-state index in [1.165, 1.54) is 0 Å². The zero-order valence-corrected chi connectivity index (χ0v) is 11.0. The highest BCUT2D eigenvalue weighted by Gasteiger charge is 2.09. The normalized spacial score (nSPS) is 11.2. The zero-order valence-electron chi connectivity index (χ0n) is 10.2. The molecule has 0 N–H and O–H groups in total. The average molecular weight is 282 g/mol. The number of benzene rings is 1. The molecule has 0 aliphatic rings. The molecule has 0 amide bonds. The Balaban J connectivity index is 1.94. The van der Waals surface area contributed by atoms with Crippen molar-refractivity contribution in [3.05, 3.63) is 54.2 Å². The molecule has 0 saturated heterocycles. The molecule has 4 rings (SSSR count). The van der Waals surface area contributed by atoms with Crippen molar-refractivity contribution in [3.8, 4) is 11.4 Å². The number of aromatic nitrogens is 5. The van der Waals surface area contributed by atoms with Gasteiger partial charge in [0.2, 0.25) is 0 Å². The van der Waals surface area contributed by atoms with Crippen molar-refractivity contribution in [3.63, 3.8) is 0 Å². The van der Waals surface area contributed by atoms with Gasteiger partial charge in [0.25, 0.3) is 0 Å². The smallest absolute Gasteiger partial charge is 0.175 e. The molecule has 6 heteroatoms. The maximum atomic E-state index is 6.02. The molecule has 0 bridgehead atoms. The van der Waals surface area contributed by atoms with Crippen LogP contribution in [0.2, 0.25) is 5.15 Å². The van der Waals surface area contributed by atoms with Gasteiger partial charge in [-0.05, 0) is 12.1 Å². The molecule has 20 heavy (non-hydrogen) atoms. The maximum absolute atomic E-state index is 6.02. The lowest BCUT2D eigenvalue weighted by molar-refractivity contribution is 1.13. The molecule has 0 saturated carbocycles. The standard InChI is InChI=1S/C14H8ClN5/c15-13-14-19-12(8-20(14)6-5-16-13)11-7-17-9-3-1-2-4-10(9)18-11/h1-8H. The first-order valence-corrected chi connectivity index (χ1v) is 6.40. The van der Waals surface area contributed by atoms with Crippen LogP contribution in [0.25, 0.3) is 28.1 Å². The van der Waals surface area contributed by atoms with Crippen molar-refractivity contribution in [1.82, 2.24) is 24.3 Å². The zero-order chi connectivity index (χ0) is 13.5. The van der Waals surface area contributed by atoms with Crippen molar-refractivity contribution in [2.45, 2.75) is 0 Å². The second-order valence-electron chi connectivity index (χ2n) is 4.32. The minimum absolute atomic E-state index is 0.368. The summed E-state index contributed by atoms with van der Waals surface area (Å²) in [7, 11) is 0. The molecule has 1 aromatic carbocycles. The number of imidazole rings is 1. The quantitative estimate of drug-likeness (QED) is 0.538. The minimum atomic E-state index is 0.368. The SMILES string of the molecule is Clc1nccn2cc(-c3cnc4ccccc4n3)nc12. The molecular weight excluding hydrogens is 274 g/mol. The lowest BCUT2D eigenvalue weighted by Gasteiger charge is -1.98. The van der Waals surface area contributed by atoms with Crippen LogP contribution in [-0.4, -0.2) is 24.3 Å². The van der Waals surface area contributed by atoms with Crippen LogP contribution in [0.15, 0.2) is 49.1 Å². The van der Waals surface area contributed by atoms with Gasteiger partial charge in [0, 0.05) is 18.6 Å². The van der Waals surface area contributed by atoms with Crippen molar-refractivity contribution >= 4 is 28.3 Å². The van der Waals surface area contributed by atoms with E-state index in [4.69, 9.17) is 11.6 Å². The van der Waals surface area contributed by atoms with E-state index in [0.29, 0.717) is 16.5 Å². The number of nitrogens with zero attached hydrogens (tertiary/aromatic N) is 5. The Hall–Kier alpha value is -2.53. The molecule has 96 valence electrons. The molecule has 0 aliphatic heterocycles. The summed E-state index contributed by atoms with van der Waals surface area (Å²) >= 11 is 6.02. The third-order valence-corrected chi connectivity index (χ3v) is 3.31. The van der Waals surface area contributed by atoms with E-state index in [-0.39, 0.29) is 0 Å². The van der Waals surface area contributed by atoms with Gasteiger partial charge in [0.15, 0.2) is 10.8 Å². The average Bonchev–Trinajstić information content (AvgIpc) is 2.92. The Bertz CT molecular complexity index is 931. The third-order valence-electron chi connectivity index (χ3n) is 3.04. The van der Waals surface area contributed by atoms with Gasteiger partial charge in [-0.3, -0.25) is 4.98 Å².